The smallest absolute Gasteiger partial charge is 0.302 e. The summed E-state index contributed by atoms with van der Waals surface area (Å²) in [6.45, 7) is 19.5. The van der Waals surface area contributed by atoms with Crippen LogP contribution in [0.3, 0.4) is 0 Å². The van der Waals surface area contributed by atoms with Gasteiger partial charge in [0.05, 0.1) is 12.2 Å². The van der Waals surface area contributed by atoms with Gasteiger partial charge in [-0.15, -0.1) is 0 Å². The van der Waals surface area contributed by atoms with Crippen LogP contribution in [0.5, 0.6) is 0 Å². The van der Waals surface area contributed by atoms with E-state index < -0.39 is 55.0 Å². The van der Waals surface area contributed by atoms with Crippen molar-refractivity contribution in [3.63, 3.8) is 0 Å². The number of carbonyl (C=O) groups excluding carboxylic acids is 2. The van der Waals surface area contributed by atoms with Crippen LogP contribution in [0, 0.1) is 50.7 Å². The van der Waals surface area contributed by atoms with Gasteiger partial charge in [0.1, 0.15) is 43.2 Å². The zero-order valence-corrected chi connectivity index (χ0v) is 32.0. The summed E-state index contributed by atoms with van der Waals surface area (Å²) < 4.78 is 24.3. The number of aliphatic hydroxyl groups is 5. The number of hydrogen-bond donors (Lipinski definition) is 5. The van der Waals surface area contributed by atoms with E-state index in [1.807, 2.05) is 0 Å². The van der Waals surface area contributed by atoms with Crippen molar-refractivity contribution in [1.29, 1.82) is 0 Å². The average Bonchev–Trinajstić information content (AvgIpc) is 3.62. The summed E-state index contributed by atoms with van der Waals surface area (Å²) >= 11 is 0. The summed E-state index contributed by atoms with van der Waals surface area (Å²) in [5, 5.41) is 54.6. The molecule has 51 heavy (non-hydrogen) atoms. The van der Waals surface area contributed by atoms with E-state index in [-0.39, 0.29) is 63.5 Å². The summed E-state index contributed by atoms with van der Waals surface area (Å²) in [5.41, 5.74) is -0.234. The fourth-order valence-electron chi connectivity index (χ4n) is 13.6. The van der Waals surface area contributed by atoms with Crippen molar-refractivity contribution in [2.45, 2.75) is 168 Å². The maximum Gasteiger partial charge on any atom is 0.302 e. The lowest BCUT2D eigenvalue weighted by Gasteiger charge is -2.69. The van der Waals surface area contributed by atoms with E-state index in [9.17, 15) is 35.1 Å². The van der Waals surface area contributed by atoms with Crippen LogP contribution in [-0.4, -0.2) is 99.2 Å². The first-order valence-corrected chi connectivity index (χ1v) is 19.3. The Kier molecular flexibility index (Phi) is 10.2. The largest absolute Gasteiger partial charge is 0.463 e. The van der Waals surface area contributed by atoms with Gasteiger partial charge in [-0.25, -0.2) is 0 Å². The number of ether oxygens (including phenoxy) is 4. The van der Waals surface area contributed by atoms with E-state index in [1.165, 1.54) is 13.8 Å². The second-order valence-electron chi connectivity index (χ2n) is 18.7. The third-order valence-corrected chi connectivity index (χ3v) is 16.0. The molecule has 11 heteroatoms. The average molecular weight is 721 g/mol. The second-order valence-corrected chi connectivity index (χ2v) is 18.7. The Hall–Kier alpha value is -1.60. The molecule has 6 fully saturated rings. The van der Waals surface area contributed by atoms with Gasteiger partial charge in [-0.05, 0) is 110 Å². The van der Waals surface area contributed by atoms with Crippen LogP contribution < -0.4 is 0 Å². The Labute approximate surface area is 303 Å². The molecule has 0 radical (unpaired) electrons. The molecule has 6 aliphatic rings. The maximum atomic E-state index is 12.3. The Balaban J connectivity index is 1.36. The molecule has 6 rings (SSSR count). The first-order chi connectivity index (χ1) is 23.7. The summed E-state index contributed by atoms with van der Waals surface area (Å²) in [7, 11) is 0. The molecule has 0 bridgehead atoms. The minimum absolute atomic E-state index is 0.0514. The molecule has 0 aromatic carbocycles. The first-order valence-electron chi connectivity index (χ1n) is 19.3. The van der Waals surface area contributed by atoms with Crippen molar-refractivity contribution in [2.24, 2.45) is 50.7 Å². The lowest BCUT2D eigenvalue weighted by atomic mass is 9.37. The molecule has 5 aliphatic carbocycles. The van der Waals surface area contributed by atoms with E-state index in [1.54, 1.807) is 6.92 Å². The number of hydrogen-bond acceptors (Lipinski definition) is 11. The van der Waals surface area contributed by atoms with Crippen LogP contribution in [-0.2, 0) is 28.5 Å². The summed E-state index contributed by atoms with van der Waals surface area (Å²) in [4.78, 5) is 23.9. The molecule has 290 valence electrons. The number of rotatable bonds is 10. The van der Waals surface area contributed by atoms with Gasteiger partial charge in [0.15, 0.2) is 6.29 Å². The Bertz CT molecular complexity index is 1370. The van der Waals surface area contributed by atoms with E-state index in [0.29, 0.717) is 24.3 Å². The van der Waals surface area contributed by atoms with Crippen molar-refractivity contribution < 1.29 is 54.1 Å². The predicted octanol–water partition coefficient (Wildman–Crippen LogP) is 4.05. The lowest BCUT2D eigenvalue weighted by Crippen LogP contribution is -2.68. The first kappa shape index (κ1) is 39.1. The molecule has 0 aromatic rings. The molecule has 17 unspecified atom stereocenters. The molecular weight excluding hydrogens is 656 g/mol. The van der Waals surface area contributed by atoms with Gasteiger partial charge >= 0.3 is 11.9 Å². The van der Waals surface area contributed by atoms with Gasteiger partial charge in [-0.1, -0.05) is 41.2 Å². The Morgan fingerprint density at radius 2 is 1.57 bits per heavy atom. The number of carbonyl (C=O) groups is 2. The fraction of sp³-hybridized carbons (Fsp3) is 0.900. The van der Waals surface area contributed by atoms with Crippen molar-refractivity contribution in [2.75, 3.05) is 6.61 Å². The number of esters is 2. The van der Waals surface area contributed by atoms with E-state index >= 15 is 0 Å². The minimum atomic E-state index is -1.57. The van der Waals surface area contributed by atoms with Gasteiger partial charge in [-0.3, -0.25) is 9.59 Å². The van der Waals surface area contributed by atoms with Crippen molar-refractivity contribution in [3.05, 3.63) is 12.2 Å². The highest BCUT2D eigenvalue weighted by Gasteiger charge is 2.85. The van der Waals surface area contributed by atoms with Crippen LogP contribution in [0.2, 0.25) is 0 Å². The molecule has 1 aliphatic heterocycles. The SMILES string of the molecule is C=C(C)C(O)C(O)CC(C)C1CCC23CC12CCC1C2(C)CCC(OC(C)=O)C(C)(C)C2CC(OC2OC(COC(C)=O)C(O)C(O)C2O)C13C. The van der Waals surface area contributed by atoms with Crippen molar-refractivity contribution in [3.8, 4) is 0 Å². The normalized spacial score (nSPS) is 48.5. The highest BCUT2D eigenvalue weighted by Crippen LogP contribution is 2.91. The second kappa shape index (κ2) is 13.3. The van der Waals surface area contributed by atoms with Crippen molar-refractivity contribution in [1.82, 2.24) is 0 Å². The molecule has 0 spiro atoms. The standard InChI is InChI=1S/C40H64O11/c1-20(2)31(44)25(43)16-21(3)24-10-15-40-19-39(24,40)14-11-27-37(8)13-12-29(49-23(5)42)36(6,7)28(37)17-30(38(27,40)9)51-35-34(47)33(46)32(45)26(50-35)18-48-22(4)41/h21,24-35,43-47H,1,10-19H2,2-9H3. The van der Waals surface area contributed by atoms with Gasteiger partial charge in [0.25, 0.3) is 0 Å². The van der Waals surface area contributed by atoms with Gasteiger partial charge in [0, 0.05) is 24.7 Å². The molecule has 1 heterocycles. The van der Waals surface area contributed by atoms with E-state index in [2.05, 4.69) is 41.2 Å². The molecule has 1 saturated heterocycles. The minimum Gasteiger partial charge on any atom is -0.463 e. The third kappa shape index (κ3) is 5.86. The molecule has 0 aromatic heterocycles. The van der Waals surface area contributed by atoms with Crippen LogP contribution in [0.15, 0.2) is 12.2 Å². The topological polar surface area (TPSA) is 172 Å². The summed E-state index contributed by atoms with van der Waals surface area (Å²) in [5.74, 6) is 0.0697. The molecule has 17 atom stereocenters. The third-order valence-electron chi connectivity index (χ3n) is 16.0. The fourth-order valence-corrected chi connectivity index (χ4v) is 13.6. The van der Waals surface area contributed by atoms with Gasteiger partial charge < -0.3 is 44.5 Å². The molecule has 5 N–H and O–H groups in total. The molecule has 5 saturated carbocycles. The highest BCUT2D eigenvalue weighted by molar-refractivity contribution is 5.66. The zero-order valence-electron chi connectivity index (χ0n) is 32.0. The monoisotopic (exact) mass is 720 g/mol. The number of aliphatic hydroxyl groups excluding tert-OH is 5. The molecular formula is C40H64O11. The molecule has 0 amide bonds. The lowest BCUT2D eigenvalue weighted by molar-refractivity contribution is -0.344. The van der Waals surface area contributed by atoms with E-state index in [0.717, 1.165) is 44.9 Å². The summed E-state index contributed by atoms with van der Waals surface area (Å²) in [6.07, 6.45) is -1.44. The van der Waals surface area contributed by atoms with Crippen LogP contribution in [0.1, 0.15) is 113 Å². The van der Waals surface area contributed by atoms with Crippen LogP contribution in [0.4, 0.5) is 0 Å². The summed E-state index contributed by atoms with van der Waals surface area (Å²) in [6, 6.07) is 0. The van der Waals surface area contributed by atoms with Crippen LogP contribution in [0.25, 0.3) is 0 Å². The zero-order chi connectivity index (χ0) is 37.6. The number of fused-ring (bicyclic) bond motifs is 3. The van der Waals surface area contributed by atoms with Crippen molar-refractivity contribution >= 4 is 11.9 Å². The maximum absolute atomic E-state index is 12.3. The van der Waals surface area contributed by atoms with Gasteiger partial charge in [-0.2, -0.15) is 0 Å². The Morgan fingerprint density at radius 1 is 0.882 bits per heavy atom. The Morgan fingerprint density at radius 3 is 2.20 bits per heavy atom. The highest BCUT2D eigenvalue weighted by atomic mass is 16.7. The van der Waals surface area contributed by atoms with Crippen LogP contribution >= 0.6 is 0 Å². The quantitative estimate of drug-likeness (QED) is 0.125. The molecule has 11 nitrogen and oxygen atoms in total. The predicted molar refractivity (Wildman–Crippen MR) is 187 cm³/mol. The van der Waals surface area contributed by atoms with Gasteiger partial charge in [0.2, 0.25) is 0 Å². The van der Waals surface area contributed by atoms with E-state index in [4.69, 9.17) is 18.9 Å².